The molecule has 3 heteroatoms. The van der Waals surface area contributed by atoms with Crippen LogP contribution in [-0.2, 0) is 0 Å². The van der Waals surface area contributed by atoms with E-state index in [-0.39, 0.29) is 70.3 Å². The Bertz CT molecular complexity index is 704. The molecule has 0 amide bonds. The molecule has 0 aliphatic rings. The van der Waals surface area contributed by atoms with Gasteiger partial charge in [0.2, 0.25) is 0 Å². The van der Waals surface area contributed by atoms with Crippen molar-refractivity contribution in [1.29, 1.82) is 0 Å². The molecule has 20 heavy (non-hydrogen) atoms. The third-order valence-corrected chi connectivity index (χ3v) is 3.07. The number of para-hydroxylation sites is 1. The van der Waals surface area contributed by atoms with E-state index in [1.165, 1.54) is 0 Å². The average molecular weight is 381 g/mol. The van der Waals surface area contributed by atoms with Gasteiger partial charge in [-0.05, 0) is 29.3 Å². The van der Waals surface area contributed by atoms with Gasteiger partial charge >= 0.3 is 68.9 Å². The van der Waals surface area contributed by atoms with Gasteiger partial charge in [-0.25, -0.2) is 0 Å². The van der Waals surface area contributed by atoms with Crippen molar-refractivity contribution in [2.24, 2.45) is 0 Å². The fourth-order valence-corrected chi connectivity index (χ4v) is 2.12. The monoisotopic (exact) mass is 381 g/mol. The molecule has 3 rings (SSSR count). The first-order valence-corrected chi connectivity index (χ1v) is 6.13. The first-order chi connectivity index (χ1) is 9.34. The topological polar surface area (TPSA) is 33.1 Å². The van der Waals surface area contributed by atoms with Crippen molar-refractivity contribution in [2.75, 3.05) is 0 Å². The molecule has 0 atom stereocenters. The van der Waals surface area contributed by atoms with Gasteiger partial charge in [0.1, 0.15) is 5.75 Å². The second-order valence-corrected chi connectivity index (χ2v) is 4.34. The first-order valence-electron chi connectivity index (χ1n) is 6.13. The summed E-state index contributed by atoms with van der Waals surface area (Å²) in [5, 5.41) is 9.91. The van der Waals surface area contributed by atoms with Crippen LogP contribution in [0.4, 0.5) is 0 Å². The van der Waals surface area contributed by atoms with Crippen LogP contribution in [0.1, 0.15) is 1.43 Å². The van der Waals surface area contributed by atoms with E-state index in [2.05, 4.69) is 11.1 Å². The summed E-state index contributed by atoms with van der Waals surface area (Å²) in [4.78, 5) is 4.13. The predicted molar refractivity (Wildman–Crippen MR) is 77.9 cm³/mol. The second-order valence-electron chi connectivity index (χ2n) is 4.34. The number of hydrogen-bond acceptors (Lipinski definition) is 2. The van der Waals surface area contributed by atoms with Crippen LogP contribution in [0.2, 0.25) is 0 Å². The minimum Gasteiger partial charge on any atom is -1.00 e. The first kappa shape index (κ1) is 15.8. The second kappa shape index (κ2) is 7.45. The molecule has 0 spiro atoms. The molecule has 0 saturated heterocycles. The Kier molecular flexibility index (Phi) is 5.89. The fourth-order valence-electron chi connectivity index (χ4n) is 2.12. The van der Waals surface area contributed by atoms with E-state index in [0.717, 1.165) is 22.3 Å². The number of aromatic nitrogens is 1. The Labute approximate surface area is 178 Å². The van der Waals surface area contributed by atoms with Crippen molar-refractivity contribution in [3.05, 3.63) is 73.1 Å². The average Bonchev–Trinajstić information content (AvgIpc) is 2.49. The number of pyridine rings is 1. The van der Waals surface area contributed by atoms with Crippen LogP contribution in [-0.4, -0.2) is 10.1 Å². The normalized spacial score (nSPS) is 9.80. The number of phenolic OH excluding ortho intramolecular Hbond substituents is 1. The van der Waals surface area contributed by atoms with E-state index in [1.54, 1.807) is 12.3 Å². The summed E-state index contributed by atoms with van der Waals surface area (Å²) in [5.74, 6) is 0.297. The van der Waals surface area contributed by atoms with Gasteiger partial charge in [0.15, 0.2) is 0 Å². The molecule has 2 aromatic carbocycles. The number of benzene rings is 2. The molecular formula is C17H14CsNO. The standard InChI is InChI=1S/C17H13NO.Cs.H/c19-17-9-2-1-8-16(17)14-6-3-5-13(11-14)15-7-4-10-18-12-15;;/h1-12,19H;;/q;+1;-1. The number of nitrogens with zero attached hydrogens (tertiary/aromatic N) is 1. The summed E-state index contributed by atoms with van der Waals surface area (Å²) in [6, 6.07) is 19.4. The van der Waals surface area contributed by atoms with Gasteiger partial charge in [-0.15, -0.1) is 0 Å². The molecule has 2 nitrogen and oxygen atoms in total. The molecule has 1 heterocycles. The van der Waals surface area contributed by atoms with Crippen molar-refractivity contribution in [1.82, 2.24) is 4.98 Å². The molecule has 0 bridgehead atoms. The third-order valence-electron chi connectivity index (χ3n) is 3.07. The Morgan fingerprint density at radius 3 is 2.30 bits per heavy atom. The Hall–Kier alpha value is -0.558. The van der Waals surface area contributed by atoms with Crippen LogP contribution < -0.4 is 68.9 Å². The van der Waals surface area contributed by atoms with Gasteiger partial charge in [-0.3, -0.25) is 4.98 Å². The molecule has 94 valence electrons. The van der Waals surface area contributed by atoms with Gasteiger partial charge in [-0.1, -0.05) is 42.5 Å². The Balaban J connectivity index is 0.00000110. The van der Waals surface area contributed by atoms with Crippen molar-refractivity contribution in [3.63, 3.8) is 0 Å². The molecule has 1 N–H and O–H groups in total. The summed E-state index contributed by atoms with van der Waals surface area (Å²) in [7, 11) is 0. The van der Waals surface area contributed by atoms with E-state index >= 15 is 0 Å². The molecule has 0 fully saturated rings. The van der Waals surface area contributed by atoms with E-state index < -0.39 is 0 Å². The van der Waals surface area contributed by atoms with Gasteiger partial charge in [0, 0.05) is 23.5 Å². The minimum atomic E-state index is 0. The summed E-state index contributed by atoms with van der Waals surface area (Å²) < 4.78 is 0. The van der Waals surface area contributed by atoms with Gasteiger partial charge < -0.3 is 6.53 Å². The number of phenols is 1. The zero-order chi connectivity index (χ0) is 13.1. The molecule has 3 aromatic rings. The molecule has 0 aliphatic heterocycles. The van der Waals surface area contributed by atoms with Crippen molar-refractivity contribution >= 4 is 0 Å². The maximum absolute atomic E-state index is 9.91. The molecule has 0 unspecified atom stereocenters. The van der Waals surface area contributed by atoms with Crippen molar-refractivity contribution < 1.29 is 75.4 Å². The summed E-state index contributed by atoms with van der Waals surface area (Å²) >= 11 is 0. The number of aromatic hydroxyl groups is 1. The predicted octanol–water partition coefficient (Wildman–Crippen LogP) is 1.24. The van der Waals surface area contributed by atoms with Crippen LogP contribution in [0.25, 0.3) is 22.3 Å². The van der Waals surface area contributed by atoms with Gasteiger partial charge in [0.25, 0.3) is 0 Å². The van der Waals surface area contributed by atoms with Gasteiger partial charge in [-0.2, -0.15) is 0 Å². The SMILES string of the molecule is Oc1ccccc1-c1cccc(-c2cccnc2)c1.[Cs+].[H-]. The maximum atomic E-state index is 9.91. The van der Waals surface area contributed by atoms with Crippen molar-refractivity contribution in [2.45, 2.75) is 0 Å². The molecule has 0 radical (unpaired) electrons. The van der Waals surface area contributed by atoms with E-state index in [9.17, 15) is 5.11 Å². The van der Waals surface area contributed by atoms with Crippen LogP contribution >= 0.6 is 0 Å². The van der Waals surface area contributed by atoms with E-state index in [0.29, 0.717) is 5.75 Å². The molecule has 1 aromatic heterocycles. The van der Waals surface area contributed by atoms with Crippen molar-refractivity contribution in [3.8, 4) is 28.0 Å². The number of rotatable bonds is 2. The Morgan fingerprint density at radius 1 is 0.800 bits per heavy atom. The maximum Gasteiger partial charge on any atom is 1.00 e. The quantitative estimate of drug-likeness (QED) is 0.725. The largest absolute Gasteiger partial charge is 1.00 e. The third kappa shape index (κ3) is 3.55. The van der Waals surface area contributed by atoms with E-state index in [4.69, 9.17) is 0 Å². The smallest absolute Gasteiger partial charge is 1.00 e. The van der Waals surface area contributed by atoms with Crippen LogP contribution in [0.3, 0.4) is 0 Å². The zero-order valence-corrected chi connectivity index (χ0v) is 17.6. The summed E-state index contributed by atoms with van der Waals surface area (Å²) in [6.07, 6.45) is 3.60. The fraction of sp³-hybridized carbons (Fsp3) is 0. The molecule has 0 aliphatic carbocycles. The Morgan fingerprint density at radius 2 is 1.55 bits per heavy atom. The summed E-state index contributed by atoms with van der Waals surface area (Å²) in [5.41, 5.74) is 4.00. The molecule has 0 saturated carbocycles. The van der Waals surface area contributed by atoms with Crippen LogP contribution in [0.5, 0.6) is 5.75 Å². The van der Waals surface area contributed by atoms with E-state index in [1.807, 2.05) is 54.7 Å². The van der Waals surface area contributed by atoms with Crippen LogP contribution in [0.15, 0.2) is 73.1 Å². The van der Waals surface area contributed by atoms with Gasteiger partial charge in [0.05, 0.1) is 0 Å². The zero-order valence-electron chi connectivity index (χ0n) is 12.3. The minimum absolute atomic E-state index is 0. The number of hydrogen-bond donors (Lipinski definition) is 1. The molecular weight excluding hydrogens is 367 g/mol. The summed E-state index contributed by atoms with van der Waals surface area (Å²) in [6.45, 7) is 0. The van der Waals surface area contributed by atoms with Crippen LogP contribution in [0, 0.1) is 0 Å².